The predicted molar refractivity (Wildman–Crippen MR) is 124 cm³/mol. The van der Waals surface area contributed by atoms with E-state index in [1.54, 1.807) is 13.8 Å². The molecule has 0 aliphatic heterocycles. The van der Waals surface area contributed by atoms with Crippen molar-refractivity contribution in [2.45, 2.75) is 26.1 Å². The summed E-state index contributed by atoms with van der Waals surface area (Å²) in [6, 6.07) is 10.8. The smallest absolute Gasteiger partial charge is 0.433 e. The topological polar surface area (TPSA) is 106 Å². The first-order chi connectivity index (χ1) is 17.4. The normalized spacial score (nSPS) is 12.5. The second-order valence-corrected chi connectivity index (χ2v) is 8.43. The summed E-state index contributed by atoms with van der Waals surface area (Å²) in [4.78, 5) is 28.5. The Kier molecular flexibility index (Phi) is 6.84. The van der Waals surface area contributed by atoms with E-state index in [1.165, 1.54) is 48.5 Å². The van der Waals surface area contributed by atoms with E-state index in [0.717, 1.165) is 12.3 Å². The van der Waals surface area contributed by atoms with Crippen LogP contribution in [0, 0.1) is 11.7 Å². The first kappa shape index (κ1) is 25.6. The van der Waals surface area contributed by atoms with Crippen LogP contribution in [0.2, 0.25) is 0 Å². The molecule has 2 N–H and O–H groups in total. The summed E-state index contributed by atoms with van der Waals surface area (Å²) in [7, 11) is 0. The third-order valence-electron chi connectivity index (χ3n) is 5.43. The molecule has 192 valence electrons. The van der Waals surface area contributed by atoms with E-state index in [9.17, 15) is 32.3 Å². The van der Waals surface area contributed by atoms with Crippen molar-refractivity contribution in [3.63, 3.8) is 0 Å². The number of hydrogen-bond acceptors (Lipinski definition) is 5. The Morgan fingerprint density at radius 1 is 1.03 bits per heavy atom. The number of aliphatic carboxylic acids is 1. The molecule has 0 saturated heterocycles. The number of amides is 1. The number of alkyl halides is 3. The highest BCUT2D eigenvalue weighted by atomic mass is 19.4. The molecule has 0 spiro atoms. The summed E-state index contributed by atoms with van der Waals surface area (Å²) in [5, 5.41) is 15.3. The van der Waals surface area contributed by atoms with Crippen molar-refractivity contribution in [2.75, 3.05) is 0 Å². The van der Waals surface area contributed by atoms with E-state index in [1.807, 2.05) is 0 Å². The van der Waals surface area contributed by atoms with Gasteiger partial charge in [-0.3, -0.25) is 4.79 Å². The van der Waals surface area contributed by atoms with Gasteiger partial charge in [0.05, 0.1) is 11.9 Å². The van der Waals surface area contributed by atoms with E-state index >= 15 is 0 Å². The van der Waals surface area contributed by atoms with Gasteiger partial charge in [-0.15, -0.1) is 0 Å². The monoisotopic (exact) mass is 516 g/mol. The molecule has 37 heavy (non-hydrogen) atoms. The van der Waals surface area contributed by atoms with Gasteiger partial charge in [-0.25, -0.2) is 18.7 Å². The molecule has 12 heteroatoms. The Bertz CT molecular complexity index is 1450. The molecule has 2 aromatic heterocycles. The van der Waals surface area contributed by atoms with Crippen molar-refractivity contribution in [3.8, 4) is 22.8 Å². The molecule has 4 aromatic rings. The number of rotatable bonds is 7. The zero-order valence-corrected chi connectivity index (χ0v) is 19.5. The van der Waals surface area contributed by atoms with Crippen LogP contribution in [-0.4, -0.2) is 37.6 Å². The van der Waals surface area contributed by atoms with Crippen LogP contribution in [0.3, 0.4) is 0 Å². The molecule has 4 rings (SSSR count). The first-order valence-electron chi connectivity index (χ1n) is 11.0. The lowest BCUT2D eigenvalue weighted by molar-refractivity contribution is -0.142. The predicted octanol–water partition coefficient (Wildman–Crippen LogP) is 5.19. The molecule has 0 saturated carbocycles. The van der Waals surface area contributed by atoms with Crippen LogP contribution in [0.25, 0.3) is 16.9 Å². The van der Waals surface area contributed by atoms with Gasteiger partial charge in [-0.1, -0.05) is 13.8 Å². The highest BCUT2D eigenvalue weighted by molar-refractivity contribution is 6.01. The number of nitrogens with one attached hydrogen (secondary N) is 1. The van der Waals surface area contributed by atoms with Crippen molar-refractivity contribution in [3.05, 3.63) is 77.9 Å². The van der Waals surface area contributed by atoms with E-state index in [2.05, 4.69) is 15.4 Å². The summed E-state index contributed by atoms with van der Waals surface area (Å²) < 4.78 is 60.8. The molecule has 2 heterocycles. The lowest BCUT2D eigenvalue weighted by atomic mass is 10.0. The maximum Gasteiger partial charge on any atom is 0.433 e. The number of benzene rings is 2. The maximum absolute atomic E-state index is 13.9. The third kappa shape index (κ3) is 5.52. The molecule has 0 radical (unpaired) electrons. The fourth-order valence-electron chi connectivity index (χ4n) is 3.54. The number of carbonyl (C=O) groups excluding carboxylic acids is 1. The minimum absolute atomic E-state index is 0.0960. The van der Waals surface area contributed by atoms with E-state index < -0.39 is 41.5 Å². The van der Waals surface area contributed by atoms with Crippen LogP contribution in [0.1, 0.15) is 29.9 Å². The highest BCUT2D eigenvalue weighted by Crippen LogP contribution is 2.33. The van der Waals surface area contributed by atoms with Crippen LogP contribution in [0.5, 0.6) is 11.5 Å². The zero-order valence-electron chi connectivity index (χ0n) is 19.5. The molecule has 0 bridgehead atoms. The standard InChI is InChI=1S/C25H20F4N4O4/c1-13(2)21(24(35)36)32-23(34)18-12-30-33-20(25(27,28)29)11-19(31-22(18)33)14-3-7-16(8-4-14)37-17-9-5-15(26)6-10-17/h3-13,21H,1-2H3,(H,32,34)(H,35,36)/t21-/m0/s1. The molecular weight excluding hydrogens is 496 g/mol. The maximum atomic E-state index is 13.9. The van der Waals surface area contributed by atoms with Gasteiger partial charge >= 0.3 is 12.1 Å². The summed E-state index contributed by atoms with van der Waals surface area (Å²) in [6.07, 6.45) is -3.92. The third-order valence-corrected chi connectivity index (χ3v) is 5.43. The van der Waals surface area contributed by atoms with Crippen LogP contribution in [-0.2, 0) is 11.0 Å². The Hall–Kier alpha value is -4.48. The average Bonchev–Trinajstić information content (AvgIpc) is 3.27. The highest BCUT2D eigenvalue weighted by Gasteiger charge is 2.36. The average molecular weight is 516 g/mol. The Labute approximate surface area is 207 Å². The molecule has 1 amide bonds. The van der Waals surface area contributed by atoms with Gasteiger partial charge in [0.15, 0.2) is 11.3 Å². The lowest BCUT2D eigenvalue weighted by Gasteiger charge is -2.17. The number of hydrogen-bond donors (Lipinski definition) is 2. The lowest BCUT2D eigenvalue weighted by Crippen LogP contribution is -2.44. The fraction of sp³-hybridized carbons (Fsp3) is 0.200. The number of aromatic nitrogens is 3. The Morgan fingerprint density at radius 3 is 2.16 bits per heavy atom. The molecule has 0 aliphatic rings. The van der Waals surface area contributed by atoms with Gasteiger partial charge in [0.1, 0.15) is 28.9 Å². The molecule has 1 atom stereocenters. The van der Waals surface area contributed by atoms with Crippen LogP contribution in [0.4, 0.5) is 17.6 Å². The van der Waals surface area contributed by atoms with Crippen LogP contribution < -0.4 is 10.1 Å². The Morgan fingerprint density at radius 2 is 1.62 bits per heavy atom. The van der Waals surface area contributed by atoms with Gasteiger partial charge in [-0.05, 0) is 60.5 Å². The minimum Gasteiger partial charge on any atom is -0.480 e. The zero-order chi connectivity index (χ0) is 26.9. The van der Waals surface area contributed by atoms with Gasteiger partial charge < -0.3 is 15.2 Å². The Balaban J connectivity index is 1.72. The van der Waals surface area contributed by atoms with Gasteiger partial charge in [0.2, 0.25) is 0 Å². The largest absolute Gasteiger partial charge is 0.480 e. The van der Waals surface area contributed by atoms with E-state index in [4.69, 9.17) is 4.74 Å². The molecule has 0 unspecified atom stereocenters. The van der Waals surface area contributed by atoms with Crippen molar-refractivity contribution >= 4 is 17.5 Å². The number of halogens is 4. The summed E-state index contributed by atoms with van der Waals surface area (Å²) >= 11 is 0. The van der Waals surface area contributed by atoms with Gasteiger partial charge in [0, 0.05) is 5.56 Å². The first-order valence-corrected chi connectivity index (χ1v) is 11.0. The van der Waals surface area contributed by atoms with E-state index in [-0.39, 0.29) is 22.5 Å². The van der Waals surface area contributed by atoms with Crippen molar-refractivity contribution in [1.82, 2.24) is 19.9 Å². The molecule has 0 aliphatic carbocycles. The van der Waals surface area contributed by atoms with Crippen molar-refractivity contribution in [1.29, 1.82) is 0 Å². The van der Waals surface area contributed by atoms with Gasteiger partial charge in [0.25, 0.3) is 5.91 Å². The van der Waals surface area contributed by atoms with E-state index in [0.29, 0.717) is 16.0 Å². The number of carbonyl (C=O) groups is 2. The van der Waals surface area contributed by atoms with Crippen molar-refractivity contribution < 1.29 is 37.0 Å². The summed E-state index contributed by atoms with van der Waals surface area (Å²) in [6.45, 7) is 3.16. The van der Waals surface area contributed by atoms with Crippen molar-refractivity contribution in [2.24, 2.45) is 5.92 Å². The fourth-order valence-corrected chi connectivity index (χ4v) is 3.54. The number of nitrogens with zero attached hydrogens (tertiary/aromatic N) is 3. The number of fused-ring (bicyclic) bond motifs is 1. The number of carboxylic acids is 1. The SMILES string of the molecule is CC(C)[C@H](NC(=O)c1cnn2c(C(F)(F)F)cc(-c3ccc(Oc4ccc(F)cc4)cc3)nc12)C(=O)O. The molecule has 2 aromatic carbocycles. The number of ether oxygens (including phenoxy) is 1. The molecule has 0 fully saturated rings. The molecular formula is C25H20F4N4O4. The second-order valence-electron chi connectivity index (χ2n) is 8.43. The second kappa shape index (κ2) is 9.88. The molecule has 8 nitrogen and oxygen atoms in total. The summed E-state index contributed by atoms with van der Waals surface area (Å²) in [5.41, 5.74) is -1.67. The van der Waals surface area contributed by atoms with Crippen LogP contribution >= 0.6 is 0 Å². The quantitative estimate of drug-likeness (QED) is 0.328. The summed E-state index contributed by atoms with van der Waals surface area (Å²) in [5.74, 6) is -2.40. The van der Waals surface area contributed by atoms with Gasteiger partial charge in [-0.2, -0.15) is 18.3 Å². The minimum atomic E-state index is -4.83. The van der Waals surface area contributed by atoms with Crippen LogP contribution in [0.15, 0.2) is 60.8 Å². The number of carboxylic acid groups (broad SMARTS) is 1.